The van der Waals surface area contributed by atoms with Crippen molar-refractivity contribution in [3.63, 3.8) is 0 Å². The summed E-state index contributed by atoms with van der Waals surface area (Å²) in [6.07, 6.45) is 0. The summed E-state index contributed by atoms with van der Waals surface area (Å²) < 4.78 is 2.40. The summed E-state index contributed by atoms with van der Waals surface area (Å²) in [5, 5.41) is 12.8. The third-order valence-corrected chi connectivity index (χ3v) is 15.5. The summed E-state index contributed by atoms with van der Waals surface area (Å²) in [6, 6.07) is 89.6. The second kappa shape index (κ2) is 16.4. The van der Waals surface area contributed by atoms with Gasteiger partial charge in [-0.15, -0.1) is 0 Å². The first-order chi connectivity index (χ1) is 35.8. The summed E-state index contributed by atoms with van der Waals surface area (Å²) in [6.45, 7) is 7.04. The molecule has 0 unspecified atom stereocenters. The van der Waals surface area contributed by atoms with E-state index in [-0.39, 0.29) is 5.41 Å². The number of nitriles is 1. The van der Waals surface area contributed by atoms with Gasteiger partial charge in [0.25, 0.3) is 0 Å². The van der Waals surface area contributed by atoms with Crippen LogP contribution in [0, 0.1) is 11.3 Å². The Morgan fingerprint density at radius 1 is 0.301 bits per heavy atom. The Kier molecular flexibility index (Phi) is 9.56. The first-order valence-corrected chi connectivity index (χ1v) is 25.3. The molecule has 2 heteroatoms. The second-order valence-electron chi connectivity index (χ2n) is 20.7. The first-order valence-electron chi connectivity index (χ1n) is 25.3. The molecule has 0 spiro atoms. The third-order valence-electron chi connectivity index (χ3n) is 15.5. The van der Waals surface area contributed by atoms with Gasteiger partial charge in [-0.2, -0.15) is 5.26 Å². The van der Waals surface area contributed by atoms with Crippen LogP contribution >= 0.6 is 0 Å². The minimum Gasteiger partial charge on any atom is -0.309 e. The molecular weight excluding hydrogens is 881 g/mol. The van der Waals surface area contributed by atoms with Crippen molar-refractivity contribution < 1.29 is 0 Å². The molecule has 2 nitrogen and oxygen atoms in total. The standard InChI is InChI=1S/C71H48N2/c1-71(2,3)70-48(45-32-36-58-54-21-7-6-19-52(54)50-17-4-5-18-51(50)53-20-8-9-22-55(53)65(58)40-45)27-16-28-49(70)46-33-37-59-60-38-34-47(73-68-29-14-12-25-62(68)63-26-13-15-30-69(63)73)42-67(60)57-24-11-10-23-56(57)64-39-44(43-72)31-35-61(64)66(59)41-46/h4-42H,1-3H3. The fourth-order valence-corrected chi connectivity index (χ4v) is 12.4. The van der Waals surface area contributed by atoms with Crippen molar-refractivity contribution in [1.82, 2.24) is 4.57 Å². The molecule has 0 fully saturated rings. The number of hydrogen-bond acceptors (Lipinski definition) is 1. The number of nitrogens with zero attached hydrogens (tertiary/aromatic N) is 2. The van der Waals surface area contributed by atoms with E-state index in [0.717, 1.165) is 50.2 Å². The van der Waals surface area contributed by atoms with Gasteiger partial charge in [-0.05, 0) is 171 Å². The average molecular weight is 929 g/mol. The van der Waals surface area contributed by atoms with Crippen LogP contribution in [0.3, 0.4) is 0 Å². The molecule has 14 rings (SSSR count). The molecule has 12 aromatic rings. The largest absolute Gasteiger partial charge is 0.309 e. The van der Waals surface area contributed by atoms with E-state index in [1.807, 2.05) is 6.07 Å². The summed E-state index contributed by atoms with van der Waals surface area (Å²) in [5.74, 6) is 0. The average Bonchev–Trinajstić information content (AvgIpc) is 3.78. The summed E-state index contributed by atoms with van der Waals surface area (Å²) in [4.78, 5) is 0. The van der Waals surface area contributed by atoms with Crippen LogP contribution in [0.5, 0.6) is 0 Å². The molecule has 0 amide bonds. The number of aromatic nitrogens is 1. The molecule has 1 heterocycles. The minimum atomic E-state index is -0.224. The third kappa shape index (κ3) is 6.63. The zero-order valence-electron chi connectivity index (χ0n) is 40.9. The van der Waals surface area contributed by atoms with E-state index in [1.165, 1.54) is 94.1 Å². The van der Waals surface area contributed by atoms with Crippen LogP contribution in [0.1, 0.15) is 31.9 Å². The molecule has 2 aliphatic carbocycles. The predicted octanol–water partition coefficient (Wildman–Crippen LogP) is 19.2. The normalized spacial score (nSPS) is 12.0. The highest BCUT2D eigenvalue weighted by molar-refractivity contribution is 6.10. The molecule has 11 aromatic carbocycles. The zero-order valence-corrected chi connectivity index (χ0v) is 40.9. The number of fused-ring (bicyclic) bond motifs is 19. The minimum absolute atomic E-state index is 0.224. The molecule has 0 saturated heterocycles. The Hall–Kier alpha value is -9.29. The Morgan fingerprint density at radius 3 is 1.07 bits per heavy atom. The van der Waals surface area contributed by atoms with Gasteiger partial charge in [0.15, 0.2) is 0 Å². The fraction of sp³-hybridized carbons (Fsp3) is 0.0563. The highest BCUT2D eigenvalue weighted by Gasteiger charge is 2.29. The van der Waals surface area contributed by atoms with Crippen molar-refractivity contribution in [2.75, 3.05) is 0 Å². The molecule has 1 aromatic heterocycles. The van der Waals surface area contributed by atoms with Crippen molar-refractivity contribution in [2.24, 2.45) is 0 Å². The van der Waals surface area contributed by atoms with E-state index in [1.54, 1.807) is 0 Å². The van der Waals surface area contributed by atoms with Crippen LogP contribution in [-0.2, 0) is 5.41 Å². The van der Waals surface area contributed by atoms with Gasteiger partial charge in [0, 0.05) is 16.5 Å². The fourth-order valence-electron chi connectivity index (χ4n) is 12.4. The Labute approximate surface area is 426 Å². The molecule has 0 radical (unpaired) electrons. The molecule has 73 heavy (non-hydrogen) atoms. The van der Waals surface area contributed by atoms with Crippen molar-refractivity contribution in [3.8, 4) is 123 Å². The van der Waals surface area contributed by atoms with Crippen molar-refractivity contribution in [1.29, 1.82) is 5.26 Å². The quantitative estimate of drug-likeness (QED) is 0.174. The lowest BCUT2D eigenvalue weighted by atomic mass is 9.75. The van der Waals surface area contributed by atoms with Gasteiger partial charge in [-0.25, -0.2) is 0 Å². The zero-order chi connectivity index (χ0) is 49.0. The van der Waals surface area contributed by atoms with Gasteiger partial charge in [-0.3, -0.25) is 0 Å². The maximum Gasteiger partial charge on any atom is 0.0991 e. The van der Waals surface area contributed by atoms with Gasteiger partial charge in [0.1, 0.15) is 0 Å². The molecule has 2 aliphatic rings. The van der Waals surface area contributed by atoms with Gasteiger partial charge in [0.2, 0.25) is 0 Å². The Bertz CT molecular complexity index is 4260. The van der Waals surface area contributed by atoms with Crippen molar-refractivity contribution >= 4 is 21.8 Å². The van der Waals surface area contributed by atoms with Crippen LogP contribution in [0.2, 0.25) is 0 Å². The maximum atomic E-state index is 10.4. The molecule has 0 saturated carbocycles. The van der Waals surface area contributed by atoms with Crippen LogP contribution in [-0.4, -0.2) is 4.57 Å². The maximum absolute atomic E-state index is 10.4. The monoisotopic (exact) mass is 928 g/mol. The van der Waals surface area contributed by atoms with E-state index in [4.69, 9.17) is 0 Å². The highest BCUT2D eigenvalue weighted by Crippen LogP contribution is 2.53. The highest BCUT2D eigenvalue weighted by atomic mass is 15.0. The summed E-state index contributed by atoms with van der Waals surface area (Å²) in [7, 11) is 0. The molecular formula is C71H48N2. The van der Waals surface area contributed by atoms with Gasteiger partial charge >= 0.3 is 0 Å². The van der Waals surface area contributed by atoms with Crippen molar-refractivity contribution in [3.05, 3.63) is 248 Å². The molecule has 0 N–H and O–H groups in total. The molecule has 0 aliphatic heterocycles. The van der Waals surface area contributed by atoms with Gasteiger partial charge < -0.3 is 4.57 Å². The number of hydrogen-bond donors (Lipinski definition) is 0. The lowest BCUT2D eigenvalue weighted by Gasteiger charge is -2.29. The smallest absolute Gasteiger partial charge is 0.0991 e. The second-order valence-corrected chi connectivity index (χ2v) is 20.7. The number of rotatable bonds is 3. The lowest BCUT2D eigenvalue weighted by molar-refractivity contribution is 0.593. The van der Waals surface area contributed by atoms with E-state index in [0.29, 0.717) is 5.56 Å². The van der Waals surface area contributed by atoms with Gasteiger partial charge in [0.05, 0.1) is 22.7 Å². The predicted molar refractivity (Wildman–Crippen MR) is 306 cm³/mol. The van der Waals surface area contributed by atoms with E-state index < -0.39 is 0 Å². The summed E-state index contributed by atoms with van der Waals surface area (Å²) in [5.41, 5.74) is 28.9. The van der Waals surface area contributed by atoms with Crippen LogP contribution in [0.4, 0.5) is 0 Å². The molecule has 0 bridgehead atoms. The van der Waals surface area contributed by atoms with Crippen molar-refractivity contribution in [2.45, 2.75) is 26.2 Å². The summed E-state index contributed by atoms with van der Waals surface area (Å²) >= 11 is 0. The SMILES string of the molecule is CC(C)(C)c1c(-c2ccc3c(c2)-c2ccccc2-c2ccccc2-c2ccccc2-3)cccc1-c1ccc2c(c1)-c1ccc(C#N)cc1-c1ccccc1-c1cc(-n3c4ccccc4c4ccccc43)ccc1-2. The van der Waals surface area contributed by atoms with Crippen LogP contribution < -0.4 is 0 Å². The molecule has 342 valence electrons. The number of benzene rings is 11. The Balaban J connectivity index is 0.982. The Morgan fingerprint density at radius 2 is 0.630 bits per heavy atom. The van der Waals surface area contributed by atoms with Crippen LogP contribution in [0.15, 0.2) is 237 Å². The molecule has 0 atom stereocenters. The topological polar surface area (TPSA) is 28.7 Å². The van der Waals surface area contributed by atoms with E-state index in [2.05, 4.69) is 262 Å². The van der Waals surface area contributed by atoms with E-state index in [9.17, 15) is 5.26 Å². The van der Waals surface area contributed by atoms with Crippen LogP contribution in [0.25, 0.3) is 139 Å². The lowest BCUT2D eigenvalue weighted by Crippen LogP contribution is -2.15. The van der Waals surface area contributed by atoms with E-state index >= 15 is 0 Å². The van der Waals surface area contributed by atoms with Gasteiger partial charge in [-0.1, -0.05) is 209 Å². The number of para-hydroxylation sites is 2. The first kappa shape index (κ1) is 42.6.